The number of aryl methyl sites for hydroxylation is 1. The van der Waals surface area contributed by atoms with Crippen LogP contribution in [0.1, 0.15) is 19.2 Å². The van der Waals surface area contributed by atoms with Crippen LogP contribution < -0.4 is 5.32 Å². The van der Waals surface area contributed by atoms with Gasteiger partial charge in [0, 0.05) is 14.1 Å². The van der Waals surface area contributed by atoms with Gasteiger partial charge in [-0.05, 0) is 13.0 Å². The van der Waals surface area contributed by atoms with Crippen LogP contribution >= 0.6 is 11.6 Å². The van der Waals surface area contributed by atoms with E-state index in [0.717, 1.165) is 18.4 Å². The molecule has 0 aliphatic heterocycles. The Kier molecular flexibility index (Phi) is 5.08. The summed E-state index contributed by atoms with van der Waals surface area (Å²) in [7, 11) is 3.44. The average molecular weight is 311 g/mol. The maximum Gasteiger partial charge on any atom is 0.233 e. The van der Waals surface area contributed by atoms with Crippen molar-refractivity contribution >= 4 is 28.5 Å². The summed E-state index contributed by atoms with van der Waals surface area (Å²) < 4.78 is 1.66. The van der Waals surface area contributed by atoms with Gasteiger partial charge in [0.1, 0.15) is 11.0 Å². The summed E-state index contributed by atoms with van der Waals surface area (Å²) in [4.78, 5) is 22.3. The van der Waals surface area contributed by atoms with E-state index in [1.807, 2.05) is 11.9 Å². The molecule has 21 heavy (non-hydrogen) atoms. The summed E-state index contributed by atoms with van der Waals surface area (Å²) in [5.41, 5.74) is 0.696. The molecule has 2 aromatic heterocycles. The minimum absolute atomic E-state index is 0.0313. The average Bonchev–Trinajstić information content (AvgIpc) is 2.81. The highest BCUT2D eigenvalue weighted by molar-refractivity contribution is 6.33. The predicted molar refractivity (Wildman–Crippen MR) is 80.9 cm³/mol. The summed E-state index contributed by atoms with van der Waals surface area (Å²) in [6, 6.07) is 0. The van der Waals surface area contributed by atoms with Gasteiger partial charge in [0.15, 0.2) is 5.65 Å². The second kappa shape index (κ2) is 6.82. The van der Waals surface area contributed by atoms with E-state index in [1.54, 1.807) is 17.9 Å². The number of fused-ring (bicyclic) bond motifs is 1. The highest BCUT2D eigenvalue weighted by Gasteiger charge is 2.14. The van der Waals surface area contributed by atoms with Gasteiger partial charge in [-0.15, -0.1) is 0 Å². The quantitative estimate of drug-likeness (QED) is 0.805. The first-order valence-corrected chi connectivity index (χ1v) is 7.20. The van der Waals surface area contributed by atoms with E-state index in [2.05, 4.69) is 27.3 Å². The number of aromatic nitrogens is 4. The van der Waals surface area contributed by atoms with Crippen LogP contribution in [-0.2, 0) is 18.4 Å². The van der Waals surface area contributed by atoms with Crippen LogP contribution in [0.4, 0.5) is 0 Å². The standard InChI is InChI=1S/C13H19ClN6O/c1-4-5-20(8-11(21)15-2)7-10-17-12(14)9-6-16-19(3)13(9)18-10/h6H,4-5,7-8H2,1-3H3,(H,15,21). The molecule has 114 valence electrons. The van der Waals surface area contributed by atoms with Gasteiger partial charge in [-0.2, -0.15) is 5.10 Å². The maximum atomic E-state index is 11.5. The smallest absolute Gasteiger partial charge is 0.233 e. The van der Waals surface area contributed by atoms with E-state index in [4.69, 9.17) is 11.6 Å². The minimum Gasteiger partial charge on any atom is -0.358 e. The number of carbonyl (C=O) groups is 1. The Morgan fingerprint density at radius 3 is 2.90 bits per heavy atom. The van der Waals surface area contributed by atoms with Crippen molar-refractivity contribution in [1.29, 1.82) is 0 Å². The van der Waals surface area contributed by atoms with Gasteiger partial charge < -0.3 is 5.32 Å². The van der Waals surface area contributed by atoms with Crippen LogP contribution in [0.25, 0.3) is 11.0 Å². The fourth-order valence-corrected chi connectivity index (χ4v) is 2.34. The van der Waals surface area contributed by atoms with Crippen LogP contribution in [0.3, 0.4) is 0 Å². The lowest BCUT2D eigenvalue weighted by molar-refractivity contribution is -0.121. The number of halogens is 1. The topological polar surface area (TPSA) is 75.9 Å². The normalized spacial score (nSPS) is 11.3. The van der Waals surface area contributed by atoms with Crippen molar-refractivity contribution in [3.05, 3.63) is 17.2 Å². The molecule has 0 aliphatic rings. The summed E-state index contributed by atoms with van der Waals surface area (Å²) >= 11 is 6.17. The first-order chi connectivity index (χ1) is 10.0. The molecular formula is C13H19ClN6O. The van der Waals surface area contributed by atoms with Gasteiger partial charge in [0.2, 0.25) is 5.91 Å². The summed E-state index contributed by atoms with van der Waals surface area (Å²) in [5, 5.41) is 7.87. The number of nitrogens with one attached hydrogen (secondary N) is 1. The molecule has 0 fully saturated rings. The second-order valence-electron chi connectivity index (χ2n) is 4.82. The molecule has 0 atom stereocenters. The lowest BCUT2D eigenvalue weighted by Gasteiger charge is -2.19. The number of nitrogens with zero attached hydrogens (tertiary/aromatic N) is 5. The minimum atomic E-state index is -0.0313. The zero-order valence-electron chi connectivity index (χ0n) is 12.4. The highest BCUT2D eigenvalue weighted by Crippen LogP contribution is 2.19. The number of hydrogen-bond acceptors (Lipinski definition) is 5. The van der Waals surface area contributed by atoms with E-state index in [-0.39, 0.29) is 5.91 Å². The molecule has 0 aliphatic carbocycles. The van der Waals surface area contributed by atoms with Crippen molar-refractivity contribution < 1.29 is 4.79 Å². The van der Waals surface area contributed by atoms with Crippen LogP contribution in [0.15, 0.2) is 6.20 Å². The Balaban J connectivity index is 2.23. The monoisotopic (exact) mass is 310 g/mol. The van der Waals surface area contributed by atoms with Gasteiger partial charge in [0.05, 0.1) is 24.7 Å². The van der Waals surface area contributed by atoms with E-state index in [9.17, 15) is 4.79 Å². The number of amides is 1. The van der Waals surface area contributed by atoms with Crippen LogP contribution in [-0.4, -0.2) is 50.7 Å². The van der Waals surface area contributed by atoms with Crippen LogP contribution in [0, 0.1) is 0 Å². The molecule has 0 aromatic carbocycles. The molecular weight excluding hydrogens is 292 g/mol. The van der Waals surface area contributed by atoms with Gasteiger partial charge >= 0.3 is 0 Å². The zero-order valence-corrected chi connectivity index (χ0v) is 13.2. The molecule has 8 heteroatoms. The van der Waals surface area contributed by atoms with Gasteiger partial charge in [-0.25, -0.2) is 9.97 Å². The van der Waals surface area contributed by atoms with E-state index in [1.165, 1.54) is 0 Å². The van der Waals surface area contributed by atoms with Crippen molar-refractivity contribution in [2.45, 2.75) is 19.9 Å². The molecule has 2 heterocycles. The molecule has 2 aromatic rings. The maximum absolute atomic E-state index is 11.5. The van der Waals surface area contributed by atoms with Crippen molar-refractivity contribution in [3.8, 4) is 0 Å². The predicted octanol–water partition coefficient (Wildman–Crippen LogP) is 0.975. The molecule has 0 saturated heterocycles. The molecule has 2 rings (SSSR count). The molecule has 0 spiro atoms. The zero-order chi connectivity index (χ0) is 15.4. The number of rotatable bonds is 6. The lowest BCUT2D eigenvalue weighted by atomic mass is 10.3. The Labute approximate surface area is 128 Å². The van der Waals surface area contributed by atoms with E-state index < -0.39 is 0 Å². The lowest BCUT2D eigenvalue weighted by Crippen LogP contribution is -2.36. The van der Waals surface area contributed by atoms with Crippen molar-refractivity contribution in [1.82, 2.24) is 30.0 Å². The van der Waals surface area contributed by atoms with Crippen LogP contribution in [0.2, 0.25) is 5.15 Å². The molecule has 0 saturated carbocycles. The Morgan fingerprint density at radius 2 is 2.24 bits per heavy atom. The Hall–Kier alpha value is -1.73. The number of carbonyl (C=O) groups excluding carboxylic acids is 1. The third-order valence-electron chi connectivity index (χ3n) is 3.14. The molecule has 7 nitrogen and oxygen atoms in total. The summed E-state index contributed by atoms with van der Waals surface area (Å²) in [5.74, 6) is 0.560. The molecule has 1 N–H and O–H groups in total. The molecule has 0 unspecified atom stereocenters. The first-order valence-electron chi connectivity index (χ1n) is 6.82. The summed E-state index contributed by atoms with van der Waals surface area (Å²) in [6.07, 6.45) is 2.59. The fourth-order valence-electron chi connectivity index (χ4n) is 2.11. The highest BCUT2D eigenvalue weighted by atomic mass is 35.5. The Bertz CT molecular complexity index is 641. The summed E-state index contributed by atoms with van der Waals surface area (Å²) in [6.45, 7) is 3.64. The fraction of sp³-hybridized carbons (Fsp3) is 0.538. The second-order valence-corrected chi connectivity index (χ2v) is 5.18. The largest absolute Gasteiger partial charge is 0.358 e. The van der Waals surface area contributed by atoms with Crippen molar-refractivity contribution in [3.63, 3.8) is 0 Å². The Morgan fingerprint density at radius 1 is 1.48 bits per heavy atom. The SMILES string of the molecule is CCCN(CC(=O)NC)Cc1nc(Cl)c2cnn(C)c2n1. The third-order valence-corrected chi connectivity index (χ3v) is 3.43. The first kappa shape index (κ1) is 15.7. The van der Waals surface area contributed by atoms with Crippen molar-refractivity contribution in [2.24, 2.45) is 7.05 Å². The number of hydrogen-bond donors (Lipinski definition) is 1. The van der Waals surface area contributed by atoms with Crippen LogP contribution in [0.5, 0.6) is 0 Å². The molecule has 1 amide bonds. The molecule has 0 bridgehead atoms. The van der Waals surface area contributed by atoms with E-state index in [0.29, 0.717) is 29.7 Å². The number of likely N-dealkylation sites (N-methyl/N-ethyl adjacent to an activating group) is 1. The van der Waals surface area contributed by atoms with E-state index >= 15 is 0 Å². The van der Waals surface area contributed by atoms with Gasteiger partial charge in [-0.1, -0.05) is 18.5 Å². The van der Waals surface area contributed by atoms with Crippen molar-refractivity contribution in [2.75, 3.05) is 20.1 Å². The third kappa shape index (κ3) is 3.68. The van der Waals surface area contributed by atoms with Gasteiger partial charge in [-0.3, -0.25) is 14.4 Å². The molecule has 0 radical (unpaired) electrons. The van der Waals surface area contributed by atoms with Gasteiger partial charge in [0.25, 0.3) is 0 Å².